The zero-order valence-electron chi connectivity index (χ0n) is 16.9. The number of nitrogens with zero attached hydrogens (tertiary/aromatic N) is 2. The number of aryl methyl sites for hydroxylation is 3. The maximum Gasteiger partial charge on any atom is 0.341 e. The minimum absolute atomic E-state index is 0.199. The maximum atomic E-state index is 13.0. The normalized spacial score (nSPS) is 14.4. The molecule has 5 nitrogen and oxygen atoms in total. The van der Waals surface area contributed by atoms with E-state index in [0.717, 1.165) is 40.6 Å². The fourth-order valence-electron chi connectivity index (χ4n) is 4.08. The molecular formula is C24H24N2O3. The third-order valence-electron chi connectivity index (χ3n) is 5.55. The molecule has 0 N–H and O–H groups in total. The summed E-state index contributed by atoms with van der Waals surface area (Å²) in [5.41, 5.74) is 4.76. The molecule has 0 radical (unpaired) electrons. The van der Waals surface area contributed by atoms with Crippen molar-refractivity contribution >= 4 is 28.5 Å². The van der Waals surface area contributed by atoms with Crippen LogP contribution in [0.3, 0.4) is 0 Å². The molecule has 0 bridgehead atoms. The van der Waals surface area contributed by atoms with Crippen LogP contribution >= 0.6 is 0 Å². The highest BCUT2D eigenvalue weighted by atomic mass is 16.5. The molecule has 0 saturated carbocycles. The molecule has 5 heteroatoms. The summed E-state index contributed by atoms with van der Waals surface area (Å²) >= 11 is 0. The van der Waals surface area contributed by atoms with Crippen LogP contribution in [0.4, 0.5) is 5.69 Å². The molecule has 0 spiro atoms. The number of esters is 1. The van der Waals surface area contributed by atoms with Crippen LogP contribution in [-0.2, 0) is 16.0 Å². The van der Waals surface area contributed by atoms with Gasteiger partial charge in [0.2, 0.25) is 0 Å². The largest absolute Gasteiger partial charge is 0.449 e. The lowest BCUT2D eigenvalue weighted by molar-refractivity contribution is -0.126. The molecule has 0 aliphatic carbocycles. The minimum Gasteiger partial charge on any atom is -0.449 e. The minimum atomic E-state index is -0.876. The van der Waals surface area contributed by atoms with E-state index in [1.807, 2.05) is 55.5 Å². The van der Waals surface area contributed by atoms with Gasteiger partial charge in [0.1, 0.15) is 0 Å². The molecule has 1 aromatic heterocycles. The van der Waals surface area contributed by atoms with Gasteiger partial charge < -0.3 is 9.64 Å². The quantitative estimate of drug-likeness (QED) is 0.625. The van der Waals surface area contributed by atoms with E-state index in [2.05, 4.69) is 4.98 Å². The van der Waals surface area contributed by atoms with Crippen LogP contribution in [0.2, 0.25) is 0 Å². The van der Waals surface area contributed by atoms with Crippen LogP contribution in [0, 0.1) is 13.8 Å². The first kappa shape index (κ1) is 19.1. The molecule has 1 aliphatic rings. The van der Waals surface area contributed by atoms with Gasteiger partial charge in [-0.3, -0.25) is 9.78 Å². The van der Waals surface area contributed by atoms with Crippen LogP contribution in [0.1, 0.15) is 40.5 Å². The summed E-state index contributed by atoms with van der Waals surface area (Å²) in [4.78, 5) is 32.2. The van der Waals surface area contributed by atoms with Crippen LogP contribution < -0.4 is 4.90 Å². The molecular weight excluding hydrogens is 364 g/mol. The molecule has 2 aromatic carbocycles. The van der Waals surface area contributed by atoms with Crippen LogP contribution in [0.15, 0.2) is 48.5 Å². The number of fused-ring (bicyclic) bond motifs is 2. The second kappa shape index (κ2) is 7.66. The number of hydrogen-bond acceptors (Lipinski definition) is 4. The summed E-state index contributed by atoms with van der Waals surface area (Å²) in [6, 6.07) is 15.6. The highest BCUT2D eigenvalue weighted by Crippen LogP contribution is 2.28. The van der Waals surface area contributed by atoms with E-state index in [1.54, 1.807) is 18.7 Å². The van der Waals surface area contributed by atoms with Crippen molar-refractivity contribution in [2.45, 2.75) is 39.7 Å². The lowest BCUT2D eigenvalue weighted by atomic mass is 10.0. The Hall–Kier alpha value is -3.21. The van der Waals surface area contributed by atoms with E-state index < -0.39 is 12.1 Å². The molecule has 3 aromatic rings. The number of anilines is 1. The van der Waals surface area contributed by atoms with Gasteiger partial charge in [0.05, 0.1) is 16.8 Å². The second-order valence-corrected chi connectivity index (χ2v) is 7.48. The Morgan fingerprint density at radius 2 is 1.79 bits per heavy atom. The van der Waals surface area contributed by atoms with Crippen molar-refractivity contribution in [2.75, 3.05) is 11.4 Å². The fourth-order valence-corrected chi connectivity index (χ4v) is 4.08. The summed E-state index contributed by atoms with van der Waals surface area (Å²) in [5, 5.41) is 0.911. The molecule has 0 fully saturated rings. The van der Waals surface area contributed by atoms with Crippen molar-refractivity contribution in [1.82, 2.24) is 4.98 Å². The van der Waals surface area contributed by atoms with Crippen LogP contribution in [0.25, 0.3) is 10.9 Å². The number of pyridine rings is 1. The number of carbonyl (C=O) groups is 2. The number of benzene rings is 2. The highest BCUT2D eigenvalue weighted by molar-refractivity contribution is 6.02. The third kappa shape index (κ3) is 3.48. The molecule has 0 saturated heterocycles. The average Bonchev–Trinajstić information content (AvgIpc) is 2.72. The predicted molar refractivity (Wildman–Crippen MR) is 113 cm³/mol. The highest BCUT2D eigenvalue weighted by Gasteiger charge is 2.29. The summed E-state index contributed by atoms with van der Waals surface area (Å²) in [6.45, 7) is 5.95. The van der Waals surface area contributed by atoms with E-state index in [9.17, 15) is 9.59 Å². The first-order valence-corrected chi connectivity index (χ1v) is 9.93. The van der Waals surface area contributed by atoms with Crippen molar-refractivity contribution in [1.29, 1.82) is 0 Å². The van der Waals surface area contributed by atoms with Gasteiger partial charge in [-0.05, 0) is 56.9 Å². The lowest BCUT2D eigenvalue weighted by Crippen LogP contribution is -2.42. The summed E-state index contributed by atoms with van der Waals surface area (Å²) in [6.07, 6.45) is 0.977. The second-order valence-electron chi connectivity index (χ2n) is 7.48. The van der Waals surface area contributed by atoms with Crippen LogP contribution in [-0.4, -0.2) is 29.5 Å². The number of ether oxygens (including phenoxy) is 1. The Morgan fingerprint density at radius 3 is 2.62 bits per heavy atom. The third-order valence-corrected chi connectivity index (χ3v) is 5.55. The average molecular weight is 388 g/mol. The van der Waals surface area contributed by atoms with E-state index in [1.165, 1.54) is 0 Å². The van der Waals surface area contributed by atoms with Gasteiger partial charge in [-0.1, -0.05) is 36.4 Å². The van der Waals surface area contributed by atoms with Gasteiger partial charge in [-0.25, -0.2) is 4.79 Å². The number of para-hydroxylation sites is 2. The Labute approximate surface area is 170 Å². The Kier molecular flexibility index (Phi) is 5.05. The van der Waals surface area contributed by atoms with Gasteiger partial charge in [-0.2, -0.15) is 0 Å². The smallest absolute Gasteiger partial charge is 0.341 e. The zero-order valence-corrected chi connectivity index (χ0v) is 16.9. The Morgan fingerprint density at radius 1 is 1.07 bits per heavy atom. The molecule has 148 valence electrons. The number of hydrogen-bond donors (Lipinski definition) is 0. The van der Waals surface area contributed by atoms with Crippen molar-refractivity contribution < 1.29 is 14.3 Å². The molecule has 2 heterocycles. The first-order chi connectivity index (χ1) is 14.0. The maximum absolute atomic E-state index is 13.0. The standard InChI is InChI=1S/C24H24N2O3/c1-15-19-11-5-6-12-20(19)25-16(2)22(15)24(28)29-17(3)23(27)26-14-8-10-18-9-4-7-13-21(18)26/h4-7,9,11-13,17H,8,10,14H2,1-3H3. The summed E-state index contributed by atoms with van der Waals surface area (Å²) < 4.78 is 5.61. The Balaban J connectivity index is 1.58. The van der Waals surface area contributed by atoms with Gasteiger partial charge >= 0.3 is 5.97 Å². The number of amides is 1. The summed E-state index contributed by atoms with van der Waals surface area (Å²) in [7, 11) is 0. The van der Waals surface area contributed by atoms with Gasteiger partial charge in [0.15, 0.2) is 6.10 Å². The van der Waals surface area contributed by atoms with Gasteiger partial charge in [0.25, 0.3) is 5.91 Å². The molecule has 29 heavy (non-hydrogen) atoms. The fraction of sp³-hybridized carbons (Fsp3) is 0.292. The predicted octanol–water partition coefficient (Wildman–Crippen LogP) is 4.38. The number of carbonyl (C=O) groups excluding carboxylic acids is 2. The lowest BCUT2D eigenvalue weighted by Gasteiger charge is -2.31. The van der Waals surface area contributed by atoms with E-state index in [4.69, 9.17) is 4.74 Å². The van der Waals surface area contributed by atoms with Crippen molar-refractivity contribution in [3.05, 3.63) is 70.9 Å². The molecule has 1 atom stereocenters. The SMILES string of the molecule is Cc1nc2ccccc2c(C)c1C(=O)OC(C)C(=O)N1CCCc2ccccc21. The topological polar surface area (TPSA) is 59.5 Å². The number of aromatic nitrogens is 1. The van der Waals surface area contributed by atoms with E-state index >= 15 is 0 Å². The first-order valence-electron chi connectivity index (χ1n) is 9.93. The molecule has 4 rings (SSSR count). The number of rotatable bonds is 3. The zero-order chi connectivity index (χ0) is 20.5. The molecule has 1 amide bonds. The monoisotopic (exact) mass is 388 g/mol. The van der Waals surface area contributed by atoms with E-state index in [-0.39, 0.29) is 5.91 Å². The van der Waals surface area contributed by atoms with Gasteiger partial charge in [-0.15, -0.1) is 0 Å². The van der Waals surface area contributed by atoms with Crippen molar-refractivity contribution in [3.63, 3.8) is 0 Å². The molecule has 1 unspecified atom stereocenters. The van der Waals surface area contributed by atoms with Crippen molar-refractivity contribution in [2.24, 2.45) is 0 Å². The summed E-state index contributed by atoms with van der Waals surface area (Å²) in [5.74, 6) is -0.709. The van der Waals surface area contributed by atoms with E-state index in [0.29, 0.717) is 17.8 Å². The van der Waals surface area contributed by atoms with Crippen LogP contribution in [0.5, 0.6) is 0 Å². The molecule has 1 aliphatic heterocycles. The van der Waals surface area contributed by atoms with Gasteiger partial charge in [0, 0.05) is 17.6 Å². The van der Waals surface area contributed by atoms with Crippen molar-refractivity contribution in [3.8, 4) is 0 Å². The Bertz CT molecular complexity index is 1110.